The lowest BCUT2D eigenvalue weighted by atomic mass is 9.78. The summed E-state index contributed by atoms with van der Waals surface area (Å²) in [6.45, 7) is 16.7. The Morgan fingerprint density at radius 2 is 1.54 bits per heavy atom. The highest BCUT2D eigenvalue weighted by atomic mass is 16.7. The second-order valence-corrected chi connectivity index (χ2v) is 19.0. The van der Waals surface area contributed by atoms with Crippen LogP contribution in [0.5, 0.6) is 0 Å². The SMILES string of the molecule is CC[C@H]1OC(=O)[C@H](C)[C@H](O[C@H]2C[C@@](C)(OC)[C@@H](OC(=O)Nc3ccc([N+](=O)[O-])cc3)[C@H](C)O2)[C@H](C)[C@@H](O[C@@H]2O[C@H](C)C[C@H](N(C)C)[C@H]2O)[C@@](C)(OC)C[C@@H](C)NC(=O)[C@H](C)[C@@H](O)[C@]1(C)O. The van der Waals surface area contributed by atoms with E-state index < -0.39 is 119 Å². The molecule has 5 N–H and O–H groups in total. The number of non-ortho nitro benzene ring substituents is 1. The summed E-state index contributed by atoms with van der Waals surface area (Å²) < 4.78 is 50.7. The van der Waals surface area contributed by atoms with Gasteiger partial charge in [-0.1, -0.05) is 20.8 Å². The zero-order chi connectivity index (χ0) is 48.9. The van der Waals surface area contributed by atoms with Gasteiger partial charge in [0, 0.05) is 56.5 Å². The van der Waals surface area contributed by atoms with Crippen LogP contribution in [0.2, 0.25) is 0 Å². The van der Waals surface area contributed by atoms with Crippen LogP contribution in [0.3, 0.4) is 0 Å². The van der Waals surface area contributed by atoms with E-state index in [0.29, 0.717) is 6.42 Å². The number of cyclic esters (lactones) is 1. The lowest BCUT2D eigenvalue weighted by molar-refractivity contribution is -0.384. The molecule has 0 spiro atoms. The largest absolute Gasteiger partial charge is 0.459 e. The third-order valence-electron chi connectivity index (χ3n) is 13.7. The van der Waals surface area contributed by atoms with Crippen molar-refractivity contribution in [2.75, 3.05) is 33.6 Å². The van der Waals surface area contributed by atoms with Crippen molar-refractivity contribution in [2.24, 2.45) is 17.8 Å². The maximum absolute atomic E-state index is 14.5. The molecule has 1 aromatic rings. The minimum absolute atomic E-state index is 0.0205. The lowest BCUT2D eigenvalue weighted by Crippen LogP contribution is -2.61. The van der Waals surface area contributed by atoms with Crippen molar-refractivity contribution in [2.45, 2.75) is 185 Å². The van der Waals surface area contributed by atoms with Crippen LogP contribution >= 0.6 is 0 Å². The van der Waals surface area contributed by atoms with Gasteiger partial charge in [0.2, 0.25) is 5.91 Å². The first-order chi connectivity index (χ1) is 30.2. The number of aliphatic hydroxyl groups is 3. The first-order valence-electron chi connectivity index (χ1n) is 22.4. The molecule has 0 saturated carbocycles. The number of hydrogen-bond acceptors (Lipinski definition) is 17. The number of amides is 2. The van der Waals surface area contributed by atoms with E-state index in [1.54, 1.807) is 48.5 Å². The number of methoxy groups -OCH3 is 2. The molecule has 1 aromatic carbocycles. The van der Waals surface area contributed by atoms with Crippen LogP contribution in [0.4, 0.5) is 16.2 Å². The van der Waals surface area contributed by atoms with E-state index in [0.717, 1.165) is 0 Å². The normalized spacial score (nSPS) is 41.4. The van der Waals surface area contributed by atoms with E-state index in [4.69, 9.17) is 37.9 Å². The first-order valence-corrected chi connectivity index (χ1v) is 22.4. The van der Waals surface area contributed by atoms with Crippen molar-refractivity contribution in [3.05, 3.63) is 34.4 Å². The predicted octanol–water partition coefficient (Wildman–Crippen LogP) is 3.90. The number of aliphatic hydroxyl groups excluding tert-OH is 2. The summed E-state index contributed by atoms with van der Waals surface area (Å²) in [5.74, 6) is -4.42. The van der Waals surface area contributed by atoms with Gasteiger partial charge in [-0.3, -0.25) is 25.0 Å². The van der Waals surface area contributed by atoms with E-state index >= 15 is 0 Å². The van der Waals surface area contributed by atoms with Gasteiger partial charge in [-0.15, -0.1) is 0 Å². The molecular weight excluding hydrogens is 853 g/mol. The summed E-state index contributed by atoms with van der Waals surface area (Å²) in [6, 6.07) is 4.30. The van der Waals surface area contributed by atoms with Crippen LogP contribution < -0.4 is 10.6 Å². The van der Waals surface area contributed by atoms with Crippen molar-refractivity contribution in [3.63, 3.8) is 0 Å². The van der Waals surface area contributed by atoms with E-state index in [1.807, 2.05) is 25.9 Å². The molecule has 2 amide bonds. The number of anilines is 1. The van der Waals surface area contributed by atoms with Crippen LogP contribution in [0, 0.1) is 27.9 Å². The first kappa shape index (κ1) is 54.0. The molecule has 4 rings (SSSR count). The van der Waals surface area contributed by atoms with Crippen LogP contribution in [0.15, 0.2) is 24.3 Å². The summed E-state index contributed by atoms with van der Waals surface area (Å²) in [4.78, 5) is 53.8. The average molecular weight is 927 g/mol. The second-order valence-electron chi connectivity index (χ2n) is 19.0. The molecule has 0 unspecified atom stereocenters. The van der Waals surface area contributed by atoms with Crippen LogP contribution in [0.1, 0.15) is 94.9 Å². The summed E-state index contributed by atoms with van der Waals surface area (Å²) in [7, 11) is 6.65. The van der Waals surface area contributed by atoms with E-state index in [2.05, 4.69) is 10.6 Å². The average Bonchev–Trinajstić information content (AvgIpc) is 3.24. The number of nitro groups is 1. The van der Waals surface area contributed by atoms with Gasteiger partial charge >= 0.3 is 12.1 Å². The molecule has 3 fully saturated rings. The molecule has 3 aliphatic heterocycles. The Morgan fingerprint density at radius 1 is 0.938 bits per heavy atom. The Morgan fingerprint density at radius 3 is 2.09 bits per heavy atom. The quantitative estimate of drug-likeness (QED) is 0.120. The van der Waals surface area contributed by atoms with E-state index in [-0.39, 0.29) is 42.8 Å². The minimum atomic E-state index is -2.06. The van der Waals surface area contributed by atoms with Gasteiger partial charge in [-0.05, 0) is 94.0 Å². The highest BCUT2D eigenvalue weighted by Gasteiger charge is 2.54. The molecule has 0 aliphatic carbocycles. The van der Waals surface area contributed by atoms with Gasteiger partial charge in [0.25, 0.3) is 5.69 Å². The molecule has 65 heavy (non-hydrogen) atoms. The number of benzene rings is 1. The van der Waals surface area contributed by atoms with Gasteiger partial charge in [0.1, 0.15) is 23.4 Å². The number of likely N-dealkylation sites (N-methyl/N-ethyl adjacent to an activating group) is 1. The van der Waals surface area contributed by atoms with Crippen LogP contribution in [-0.4, -0.2) is 162 Å². The topological polar surface area (TPSA) is 256 Å². The molecule has 0 radical (unpaired) electrons. The maximum atomic E-state index is 14.5. The lowest BCUT2D eigenvalue weighted by Gasteiger charge is -2.49. The number of nitrogens with one attached hydrogen (secondary N) is 2. The summed E-state index contributed by atoms with van der Waals surface area (Å²) in [5.41, 5.74) is -4.47. The molecule has 3 saturated heterocycles. The minimum Gasteiger partial charge on any atom is -0.459 e. The number of esters is 1. The van der Waals surface area contributed by atoms with Crippen LogP contribution in [0.25, 0.3) is 0 Å². The van der Waals surface area contributed by atoms with Crippen LogP contribution in [-0.2, 0) is 47.5 Å². The Hall–Kier alpha value is -3.57. The van der Waals surface area contributed by atoms with Gasteiger partial charge < -0.3 is 63.4 Å². The molecule has 0 aromatic heterocycles. The molecule has 18 atom stereocenters. The van der Waals surface area contributed by atoms with Crippen molar-refractivity contribution in [1.29, 1.82) is 0 Å². The van der Waals surface area contributed by atoms with Crippen molar-refractivity contribution < 1.29 is 72.5 Å². The van der Waals surface area contributed by atoms with Gasteiger partial charge in [0.15, 0.2) is 18.7 Å². The Balaban J connectivity index is 1.78. The number of hydrogen-bond donors (Lipinski definition) is 5. The fraction of sp³-hybridized carbons (Fsp3) is 0.800. The molecule has 20 nitrogen and oxygen atoms in total. The highest BCUT2D eigenvalue weighted by molar-refractivity contribution is 5.85. The van der Waals surface area contributed by atoms with Gasteiger partial charge in [-0.2, -0.15) is 0 Å². The third kappa shape index (κ3) is 12.5. The second kappa shape index (κ2) is 22.0. The standard InChI is InChI=1S/C45H74N4O16/c1-15-32-45(10,55)36(51)27(6)39(52)46-23(2)21-43(8,58-13)37(64-41-34(50)31(48(11)12)20-24(3)60-41)25(4)35(26(5)40(53)62-32)63-33-22-44(9,59-14)38(28(7)61-33)65-42(54)47-29-16-18-30(19-17-29)49(56)57/h16-19,23-28,31-38,41,50-51,55H,15,20-22H2,1-14H3,(H,46,52)(H,47,54)/t23-,24-,25+,26-,27-,28+,31+,32-,33+,34-,35-,36-,37-,38+,41+,43+,44-,45-/m1/s1. The maximum Gasteiger partial charge on any atom is 0.412 e. The zero-order valence-electron chi connectivity index (χ0n) is 40.3. The highest BCUT2D eigenvalue weighted by Crippen LogP contribution is 2.41. The molecule has 370 valence electrons. The van der Waals surface area contributed by atoms with Gasteiger partial charge in [0.05, 0.1) is 52.9 Å². The fourth-order valence-electron chi connectivity index (χ4n) is 9.59. The third-order valence-corrected chi connectivity index (χ3v) is 13.7. The monoisotopic (exact) mass is 927 g/mol. The Kier molecular flexibility index (Phi) is 18.3. The number of ether oxygens (including phenoxy) is 8. The number of rotatable bonds is 11. The summed E-state index contributed by atoms with van der Waals surface area (Å²) in [5, 5.41) is 51.6. The zero-order valence-corrected chi connectivity index (χ0v) is 40.3. The molecule has 0 bridgehead atoms. The van der Waals surface area contributed by atoms with E-state index in [9.17, 15) is 39.8 Å². The smallest absolute Gasteiger partial charge is 0.412 e. The Labute approximate surface area is 382 Å². The van der Waals surface area contributed by atoms with E-state index in [1.165, 1.54) is 52.3 Å². The molecule has 3 aliphatic rings. The molecule has 20 heteroatoms. The van der Waals surface area contributed by atoms with Crippen molar-refractivity contribution >= 4 is 29.3 Å². The molecular formula is C45H74N4O16. The fourth-order valence-corrected chi connectivity index (χ4v) is 9.59. The molecule has 3 heterocycles. The number of nitro benzene ring substituents is 1. The number of nitrogens with zero attached hydrogens (tertiary/aromatic N) is 2. The summed E-state index contributed by atoms with van der Waals surface area (Å²) in [6.07, 6.45) is -10.8. The predicted molar refractivity (Wildman–Crippen MR) is 235 cm³/mol. The van der Waals surface area contributed by atoms with Crippen molar-refractivity contribution in [3.8, 4) is 0 Å². The van der Waals surface area contributed by atoms with Gasteiger partial charge in [-0.25, -0.2) is 4.79 Å². The number of carbonyl (C=O) groups excluding carboxylic acids is 3. The summed E-state index contributed by atoms with van der Waals surface area (Å²) >= 11 is 0. The Bertz CT molecular complexity index is 1770. The number of carbonyl (C=O) groups is 3. The van der Waals surface area contributed by atoms with Crippen molar-refractivity contribution in [1.82, 2.24) is 10.2 Å².